The third-order valence-corrected chi connectivity index (χ3v) is 7.15. The van der Waals surface area contributed by atoms with E-state index in [4.69, 9.17) is 9.72 Å². The first-order valence-electron chi connectivity index (χ1n) is 12.2. The van der Waals surface area contributed by atoms with Crippen LogP contribution in [-0.2, 0) is 0 Å². The average Bonchev–Trinajstić information content (AvgIpc) is 3.12. The lowest BCUT2D eigenvalue weighted by molar-refractivity contribution is 0.0925. The monoisotopic (exact) mass is 443 g/mol. The molecule has 1 N–H and O–H groups in total. The second kappa shape index (κ2) is 9.42. The first-order valence-corrected chi connectivity index (χ1v) is 12.2. The lowest BCUT2D eigenvalue weighted by Crippen LogP contribution is -2.33. The van der Waals surface area contributed by atoms with Crippen LogP contribution in [0.15, 0.2) is 48.7 Å². The van der Waals surface area contributed by atoms with Gasteiger partial charge in [-0.05, 0) is 30.4 Å². The van der Waals surface area contributed by atoms with Gasteiger partial charge in [0.2, 0.25) is 0 Å². The molecule has 3 aromatic rings. The quantitative estimate of drug-likeness (QED) is 0.503. The van der Waals surface area contributed by atoms with Crippen LogP contribution in [0.25, 0.3) is 10.9 Å². The molecule has 5 rings (SSSR count). The molecule has 2 aromatic carbocycles. The Labute approximate surface area is 196 Å². The van der Waals surface area contributed by atoms with Gasteiger partial charge in [0, 0.05) is 37.7 Å². The summed E-state index contributed by atoms with van der Waals surface area (Å²) in [6.07, 6.45) is 10.2. The van der Waals surface area contributed by atoms with Gasteiger partial charge in [0.1, 0.15) is 5.75 Å². The van der Waals surface area contributed by atoms with E-state index in [1.807, 2.05) is 43.3 Å². The van der Waals surface area contributed by atoms with Crippen LogP contribution < -0.4 is 15.0 Å². The number of rotatable bonds is 4. The van der Waals surface area contributed by atoms with E-state index >= 15 is 0 Å². The second-order valence-corrected chi connectivity index (χ2v) is 9.55. The fraction of sp³-hybridized carbons (Fsp3) is 0.429. The van der Waals surface area contributed by atoms with E-state index in [0.29, 0.717) is 18.1 Å². The van der Waals surface area contributed by atoms with Gasteiger partial charge in [-0.2, -0.15) is 0 Å². The highest BCUT2D eigenvalue weighted by molar-refractivity contribution is 6.08. The van der Waals surface area contributed by atoms with Crippen molar-refractivity contribution >= 4 is 22.5 Å². The highest BCUT2D eigenvalue weighted by atomic mass is 16.5. The summed E-state index contributed by atoms with van der Waals surface area (Å²) < 4.78 is 5.77. The number of hydrogen-bond donors (Lipinski definition) is 1. The Morgan fingerprint density at radius 1 is 0.970 bits per heavy atom. The molecule has 2 aliphatic rings. The molecule has 1 aromatic heterocycles. The molecule has 0 saturated heterocycles. The van der Waals surface area contributed by atoms with Crippen molar-refractivity contribution in [3.8, 4) is 5.75 Å². The van der Waals surface area contributed by atoms with E-state index in [-0.39, 0.29) is 11.9 Å². The first-order chi connectivity index (χ1) is 16.1. The smallest absolute Gasteiger partial charge is 0.255 e. The van der Waals surface area contributed by atoms with Gasteiger partial charge in [0.25, 0.3) is 5.91 Å². The van der Waals surface area contributed by atoms with E-state index in [2.05, 4.69) is 23.5 Å². The van der Waals surface area contributed by atoms with Crippen LogP contribution in [0.2, 0.25) is 0 Å². The number of aromatic nitrogens is 1. The molecule has 1 amide bonds. The molecule has 5 nitrogen and oxygen atoms in total. The number of ether oxygens (including phenoxy) is 1. The summed E-state index contributed by atoms with van der Waals surface area (Å²) in [6.45, 7) is 0.600. The molecule has 0 unspecified atom stereocenters. The molecule has 2 heterocycles. The summed E-state index contributed by atoms with van der Waals surface area (Å²) in [5, 5.41) is 4.31. The third-order valence-electron chi connectivity index (χ3n) is 7.15. The van der Waals surface area contributed by atoms with Gasteiger partial charge in [0.15, 0.2) is 0 Å². The van der Waals surface area contributed by atoms with Gasteiger partial charge in [-0.25, -0.2) is 0 Å². The Morgan fingerprint density at radius 3 is 2.52 bits per heavy atom. The molecule has 5 heteroatoms. The second-order valence-electron chi connectivity index (χ2n) is 9.55. The maximum absolute atomic E-state index is 13.5. The SMILES string of the molecule is CN(C)c1c(C(=O)N[C@H]2CCOc3ccccc32)cnc2c(C3CCCCCC3)cccc12. The molecule has 33 heavy (non-hydrogen) atoms. The predicted octanol–water partition coefficient (Wildman–Crippen LogP) is 5.99. The zero-order valence-corrected chi connectivity index (χ0v) is 19.6. The van der Waals surface area contributed by atoms with Crippen LogP contribution in [0, 0.1) is 0 Å². The van der Waals surface area contributed by atoms with Crippen molar-refractivity contribution < 1.29 is 9.53 Å². The number of benzene rings is 2. The van der Waals surface area contributed by atoms with E-state index < -0.39 is 0 Å². The molecule has 1 saturated carbocycles. The Hall–Kier alpha value is -3.08. The van der Waals surface area contributed by atoms with Gasteiger partial charge >= 0.3 is 0 Å². The average molecular weight is 444 g/mol. The molecule has 1 aliphatic carbocycles. The molecule has 0 bridgehead atoms. The zero-order valence-electron chi connectivity index (χ0n) is 19.6. The maximum Gasteiger partial charge on any atom is 0.255 e. The number of nitrogens with zero attached hydrogens (tertiary/aromatic N) is 2. The van der Waals surface area contributed by atoms with Crippen LogP contribution in [-0.4, -0.2) is 31.6 Å². The number of nitrogens with one attached hydrogen (secondary N) is 1. The first kappa shape index (κ1) is 21.7. The maximum atomic E-state index is 13.5. The number of anilines is 1. The summed E-state index contributed by atoms with van der Waals surface area (Å²) in [4.78, 5) is 20.4. The number of para-hydroxylation sites is 2. The van der Waals surface area contributed by atoms with Crippen molar-refractivity contribution in [3.63, 3.8) is 0 Å². The Bertz CT molecular complexity index is 1150. The van der Waals surface area contributed by atoms with Crippen molar-refractivity contribution in [1.29, 1.82) is 0 Å². The lowest BCUT2D eigenvalue weighted by Gasteiger charge is -2.28. The molecule has 1 fully saturated rings. The van der Waals surface area contributed by atoms with Crippen molar-refractivity contribution in [3.05, 3.63) is 65.4 Å². The highest BCUT2D eigenvalue weighted by Crippen LogP contribution is 2.38. The molecule has 0 spiro atoms. The predicted molar refractivity (Wildman–Crippen MR) is 133 cm³/mol. The lowest BCUT2D eigenvalue weighted by atomic mass is 9.89. The summed E-state index contributed by atoms with van der Waals surface area (Å²) in [6, 6.07) is 14.4. The minimum atomic E-state index is -0.0883. The fourth-order valence-corrected chi connectivity index (χ4v) is 5.53. The molecule has 1 aliphatic heterocycles. The van der Waals surface area contributed by atoms with Crippen LogP contribution >= 0.6 is 0 Å². The normalized spacial score (nSPS) is 18.8. The van der Waals surface area contributed by atoms with Crippen LogP contribution in [0.5, 0.6) is 5.75 Å². The van der Waals surface area contributed by atoms with Crippen LogP contribution in [0.4, 0.5) is 5.69 Å². The summed E-state index contributed by atoms with van der Waals surface area (Å²) in [7, 11) is 4.02. The molecular formula is C28H33N3O2. The van der Waals surface area contributed by atoms with Crippen LogP contribution in [0.1, 0.15) is 78.4 Å². The zero-order chi connectivity index (χ0) is 22.8. The van der Waals surface area contributed by atoms with Gasteiger partial charge in [-0.3, -0.25) is 9.78 Å². The van der Waals surface area contributed by atoms with Crippen molar-refractivity contribution in [2.45, 2.75) is 56.9 Å². The molecule has 1 atom stereocenters. The van der Waals surface area contributed by atoms with E-state index in [9.17, 15) is 4.79 Å². The number of fused-ring (bicyclic) bond motifs is 2. The number of carbonyl (C=O) groups excluding carboxylic acids is 1. The van der Waals surface area contributed by atoms with Crippen molar-refractivity contribution in [2.75, 3.05) is 25.6 Å². The van der Waals surface area contributed by atoms with E-state index in [0.717, 1.165) is 34.3 Å². The van der Waals surface area contributed by atoms with Gasteiger partial charge in [-0.1, -0.05) is 62.1 Å². The van der Waals surface area contributed by atoms with Crippen molar-refractivity contribution in [2.24, 2.45) is 0 Å². The van der Waals surface area contributed by atoms with Gasteiger partial charge < -0.3 is 15.0 Å². The summed E-state index contributed by atoms with van der Waals surface area (Å²) >= 11 is 0. The fourth-order valence-electron chi connectivity index (χ4n) is 5.53. The topological polar surface area (TPSA) is 54.5 Å². The minimum Gasteiger partial charge on any atom is -0.493 e. The Kier molecular flexibility index (Phi) is 6.21. The number of hydrogen-bond acceptors (Lipinski definition) is 4. The molecule has 172 valence electrons. The molecule has 0 radical (unpaired) electrons. The molecular weight excluding hydrogens is 410 g/mol. The van der Waals surface area contributed by atoms with E-state index in [1.54, 1.807) is 6.20 Å². The minimum absolute atomic E-state index is 0.0644. The standard InChI is InChI=1S/C28H33N3O2/c1-31(2)27-22-14-9-13-20(19-10-5-3-4-6-11-19)26(22)29-18-23(27)28(32)30-24-16-17-33-25-15-8-7-12-21(24)25/h7-9,12-15,18-19,24H,3-6,10-11,16-17H2,1-2H3,(H,30,32)/t24-/m0/s1. The van der Waals surface area contributed by atoms with Gasteiger partial charge in [0.05, 0.1) is 29.4 Å². The number of pyridine rings is 1. The van der Waals surface area contributed by atoms with Crippen LogP contribution in [0.3, 0.4) is 0 Å². The Balaban J connectivity index is 1.51. The van der Waals surface area contributed by atoms with E-state index in [1.165, 1.54) is 44.1 Å². The van der Waals surface area contributed by atoms with Gasteiger partial charge in [-0.15, -0.1) is 0 Å². The Morgan fingerprint density at radius 2 is 1.73 bits per heavy atom. The summed E-state index contributed by atoms with van der Waals surface area (Å²) in [5.74, 6) is 1.32. The third kappa shape index (κ3) is 4.29. The highest BCUT2D eigenvalue weighted by Gasteiger charge is 2.26. The van der Waals surface area contributed by atoms with Crippen molar-refractivity contribution in [1.82, 2.24) is 10.3 Å². The largest absolute Gasteiger partial charge is 0.493 e. The summed E-state index contributed by atoms with van der Waals surface area (Å²) in [5.41, 5.74) is 4.97. The number of carbonyl (C=O) groups is 1. The number of amides is 1.